The molecule has 0 aliphatic heterocycles. The average molecular weight is 296 g/mol. The minimum absolute atomic E-state index is 0.271. The molecule has 0 aliphatic carbocycles. The van der Waals surface area contributed by atoms with Crippen molar-refractivity contribution >= 4 is 11.9 Å². The Hall–Kier alpha value is -2.29. The lowest BCUT2D eigenvalue weighted by molar-refractivity contribution is 0.454. The first kappa shape index (κ1) is 16.1. The number of phenolic OH excluding ortho intramolecular Hbond substituents is 1. The molecular weight excluding hydrogens is 272 g/mol. The maximum absolute atomic E-state index is 10.4. The Morgan fingerprint density at radius 3 is 2.00 bits per heavy atom. The van der Waals surface area contributed by atoms with E-state index in [0.717, 1.165) is 22.4 Å². The van der Waals surface area contributed by atoms with Crippen LogP contribution in [-0.2, 0) is 0 Å². The van der Waals surface area contributed by atoms with Crippen molar-refractivity contribution in [2.75, 3.05) is 5.43 Å². The molecule has 22 heavy (non-hydrogen) atoms. The van der Waals surface area contributed by atoms with Gasteiger partial charge in [0.1, 0.15) is 5.75 Å². The second kappa shape index (κ2) is 7.12. The lowest BCUT2D eigenvalue weighted by Crippen LogP contribution is -1.99. The van der Waals surface area contributed by atoms with Crippen molar-refractivity contribution < 1.29 is 5.11 Å². The predicted octanol–water partition coefficient (Wildman–Crippen LogP) is 5.09. The molecule has 2 aromatic carbocycles. The van der Waals surface area contributed by atoms with E-state index < -0.39 is 0 Å². The van der Waals surface area contributed by atoms with Crippen molar-refractivity contribution in [1.29, 1.82) is 0 Å². The average Bonchev–Trinajstić information content (AvgIpc) is 2.49. The van der Waals surface area contributed by atoms with E-state index in [1.54, 1.807) is 6.21 Å². The van der Waals surface area contributed by atoms with E-state index in [4.69, 9.17) is 0 Å². The first-order valence-corrected chi connectivity index (χ1v) is 7.70. The van der Waals surface area contributed by atoms with Crippen LogP contribution in [0.25, 0.3) is 0 Å². The summed E-state index contributed by atoms with van der Waals surface area (Å²) in [4.78, 5) is 0. The number of phenols is 1. The molecule has 2 N–H and O–H groups in total. The molecule has 2 rings (SSSR count). The molecule has 0 aliphatic rings. The number of benzene rings is 2. The van der Waals surface area contributed by atoms with Crippen LogP contribution in [0.5, 0.6) is 5.75 Å². The van der Waals surface area contributed by atoms with Gasteiger partial charge in [0.15, 0.2) is 0 Å². The van der Waals surface area contributed by atoms with E-state index in [2.05, 4.69) is 38.2 Å². The molecular formula is C19H24N2O. The molecule has 0 spiro atoms. The number of aromatic hydroxyl groups is 1. The van der Waals surface area contributed by atoms with Gasteiger partial charge in [-0.25, -0.2) is 0 Å². The summed E-state index contributed by atoms with van der Waals surface area (Å²) in [5.74, 6) is 0.957. The third kappa shape index (κ3) is 3.88. The van der Waals surface area contributed by atoms with Crippen LogP contribution in [0.3, 0.4) is 0 Å². The van der Waals surface area contributed by atoms with Crippen LogP contribution in [0.1, 0.15) is 56.2 Å². The third-order valence-corrected chi connectivity index (χ3v) is 3.62. The predicted molar refractivity (Wildman–Crippen MR) is 93.9 cm³/mol. The molecule has 116 valence electrons. The Balaban J connectivity index is 2.27. The van der Waals surface area contributed by atoms with Crippen LogP contribution >= 0.6 is 0 Å². The van der Waals surface area contributed by atoms with Crippen LogP contribution in [0.4, 0.5) is 5.69 Å². The Bertz CT molecular complexity index is 617. The second-order valence-electron chi connectivity index (χ2n) is 6.09. The third-order valence-electron chi connectivity index (χ3n) is 3.62. The maximum atomic E-state index is 10.4. The largest absolute Gasteiger partial charge is 0.507 e. The highest BCUT2D eigenvalue weighted by Crippen LogP contribution is 2.34. The van der Waals surface area contributed by atoms with Gasteiger partial charge in [-0.3, -0.25) is 5.43 Å². The highest BCUT2D eigenvalue weighted by Gasteiger charge is 2.14. The number of rotatable bonds is 5. The standard InChI is InChI=1S/C19H24N2O/c1-13(2)17-10-15(11-18(14(3)4)19(17)22)12-20-21-16-8-6-5-7-9-16/h5-14,21-22H,1-4H3/b20-12+. The molecule has 0 heterocycles. The van der Waals surface area contributed by atoms with Gasteiger partial charge in [0, 0.05) is 0 Å². The lowest BCUT2D eigenvalue weighted by atomic mass is 9.92. The molecule has 0 amide bonds. The van der Waals surface area contributed by atoms with E-state index in [1.807, 2.05) is 42.5 Å². The van der Waals surface area contributed by atoms with Crippen LogP contribution in [0, 0.1) is 0 Å². The van der Waals surface area contributed by atoms with Gasteiger partial charge >= 0.3 is 0 Å². The highest BCUT2D eigenvalue weighted by atomic mass is 16.3. The Morgan fingerprint density at radius 2 is 1.50 bits per heavy atom. The zero-order valence-electron chi connectivity index (χ0n) is 13.7. The topological polar surface area (TPSA) is 44.6 Å². The van der Waals surface area contributed by atoms with Gasteiger partial charge in [-0.05, 0) is 52.8 Å². The van der Waals surface area contributed by atoms with Gasteiger partial charge in [0.25, 0.3) is 0 Å². The van der Waals surface area contributed by atoms with Crippen LogP contribution in [0.2, 0.25) is 0 Å². The molecule has 0 saturated heterocycles. The molecule has 0 bridgehead atoms. The van der Waals surface area contributed by atoms with Gasteiger partial charge in [-0.2, -0.15) is 5.10 Å². The summed E-state index contributed by atoms with van der Waals surface area (Å²) in [6.45, 7) is 8.34. The number of nitrogens with one attached hydrogen (secondary N) is 1. The summed E-state index contributed by atoms with van der Waals surface area (Å²) < 4.78 is 0. The monoisotopic (exact) mass is 296 g/mol. The fraction of sp³-hybridized carbons (Fsp3) is 0.316. The summed E-state index contributed by atoms with van der Waals surface area (Å²) in [6.07, 6.45) is 1.80. The fourth-order valence-corrected chi connectivity index (χ4v) is 2.35. The van der Waals surface area contributed by atoms with Crippen LogP contribution in [0.15, 0.2) is 47.6 Å². The highest BCUT2D eigenvalue weighted by molar-refractivity contribution is 5.81. The molecule has 0 fully saturated rings. The molecule has 0 radical (unpaired) electrons. The zero-order chi connectivity index (χ0) is 16.1. The van der Waals surface area contributed by atoms with Crippen molar-refractivity contribution in [3.63, 3.8) is 0 Å². The molecule has 0 unspecified atom stereocenters. The van der Waals surface area contributed by atoms with E-state index >= 15 is 0 Å². The van der Waals surface area contributed by atoms with E-state index in [-0.39, 0.29) is 11.8 Å². The van der Waals surface area contributed by atoms with Gasteiger partial charge < -0.3 is 5.11 Å². The van der Waals surface area contributed by atoms with Gasteiger partial charge in [-0.15, -0.1) is 0 Å². The van der Waals surface area contributed by atoms with Gasteiger partial charge in [0.2, 0.25) is 0 Å². The Kier molecular flexibility index (Phi) is 5.21. The number of hydrazone groups is 1. The van der Waals surface area contributed by atoms with Crippen molar-refractivity contribution in [3.05, 3.63) is 59.2 Å². The Morgan fingerprint density at radius 1 is 0.955 bits per heavy atom. The van der Waals surface area contributed by atoms with Crippen molar-refractivity contribution in [2.45, 2.75) is 39.5 Å². The molecule has 3 nitrogen and oxygen atoms in total. The normalized spacial score (nSPS) is 11.5. The van der Waals surface area contributed by atoms with E-state index in [0.29, 0.717) is 5.75 Å². The Labute approximate surface area is 132 Å². The van der Waals surface area contributed by atoms with Crippen molar-refractivity contribution in [2.24, 2.45) is 5.10 Å². The quantitative estimate of drug-likeness (QED) is 0.596. The maximum Gasteiger partial charge on any atom is 0.122 e. The number of anilines is 1. The minimum atomic E-state index is 0.271. The number of nitrogens with zero attached hydrogens (tertiary/aromatic N) is 1. The van der Waals surface area contributed by atoms with Crippen LogP contribution < -0.4 is 5.43 Å². The summed E-state index contributed by atoms with van der Waals surface area (Å²) in [5.41, 5.74) is 6.89. The number of hydrogen-bond acceptors (Lipinski definition) is 3. The van der Waals surface area contributed by atoms with Crippen LogP contribution in [-0.4, -0.2) is 11.3 Å². The smallest absolute Gasteiger partial charge is 0.122 e. The molecule has 0 saturated carbocycles. The van der Waals surface area contributed by atoms with Gasteiger partial charge in [0.05, 0.1) is 11.9 Å². The lowest BCUT2D eigenvalue weighted by Gasteiger charge is -2.16. The molecule has 0 aromatic heterocycles. The zero-order valence-corrected chi connectivity index (χ0v) is 13.7. The fourth-order valence-electron chi connectivity index (χ4n) is 2.35. The molecule has 2 aromatic rings. The van der Waals surface area contributed by atoms with E-state index in [9.17, 15) is 5.11 Å². The van der Waals surface area contributed by atoms with E-state index in [1.165, 1.54) is 0 Å². The first-order valence-electron chi connectivity index (χ1n) is 7.70. The van der Waals surface area contributed by atoms with Crippen molar-refractivity contribution in [3.8, 4) is 5.75 Å². The first-order chi connectivity index (χ1) is 10.5. The summed E-state index contributed by atoms with van der Waals surface area (Å²) >= 11 is 0. The van der Waals surface area contributed by atoms with Crippen molar-refractivity contribution in [1.82, 2.24) is 0 Å². The van der Waals surface area contributed by atoms with Gasteiger partial charge in [-0.1, -0.05) is 45.9 Å². The summed E-state index contributed by atoms with van der Waals surface area (Å²) in [6, 6.07) is 13.8. The summed E-state index contributed by atoms with van der Waals surface area (Å²) in [5, 5.41) is 14.7. The molecule has 3 heteroatoms. The molecule has 0 atom stereocenters. The summed E-state index contributed by atoms with van der Waals surface area (Å²) in [7, 11) is 0. The minimum Gasteiger partial charge on any atom is -0.507 e. The second-order valence-corrected chi connectivity index (χ2v) is 6.09. The number of hydrogen-bond donors (Lipinski definition) is 2. The SMILES string of the molecule is CC(C)c1cc(/C=N/Nc2ccccc2)cc(C(C)C)c1O. The number of para-hydroxylation sites is 1.